The van der Waals surface area contributed by atoms with Crippen LogP contribution in [0.2, 0.25) is 0 Å². The molecule has 0 spiro atoms. The molecule has 1 aromatic heterocycles. The molecular formula is C14H18N4O3S. The Kier molecular flexibility index (Phi) is 4.62. The number of carbonyl (C=O) groups excluding carboxylic acids is 1. The van der Waals surface area contributed by atoms with E-state index in [1.165, 1.54) is 17.0 Å². The summed E-state index contributed by atoms with van der Waals surface area (Å²) in [5.41, 5.74) is 0.324. The molecular weight excluding hydrogens is 304 g/mol. The molecule has 0 aliphatic rings. The molecule has 8 heteroatoms. The molecule has 0 radical (unpaired) electrons. The largest absolute Gasteiger partial charge is 0.345 e. The van der Waals surface area contributed by atoms with Gasteiger partial charge in [0, 0.05) is 39.1 Å². The van der Waals surface area contributed by atoms with Gasteiger partial charge in [-0.05, 0) is 18.2 Å². The molecule has 7 nitrogen and oxygen atoms in total. The lowest BCUT2D eigenvalue weighted by Gasteiger charge is -2.12. The molecule has 0 atom stereocenters. The standard InChI is InChI=1S/C14H18N4O3S/c1-17(2)14(19)11-5-4-6-12(9-11)22(20,21)16-10-13-15-7-8-18(13)3/h4-9,16H,10H2,1-3H3. The van der Waals surface area contributed by atoms with Crippen LogP contribution in [0, 0.1) is 0 Å². The zero-order chi connectivity index (χ0) is 16.3. The van der Waals surface area contributed by atoms with Crippen molar-refractivity contribution in [3.05, 3.63) is 48.0 Å². The van der Waals surface area contributed by atoms with E-state index in [2.05, 4.69) is 9.71 Å². The van der Waals surface area contributed by atoms with Gasteiger partial charge < -0.3 is 9.47 Å². The molecule has 2 aromatic rings. The SMILES string of the molecule is CN(C)C(=O)c1cccc(S(=O)(=O)NCc2nccn2C)c1. The first-order chi connectivity index (χ1) is 10.3. The second-order valence-corrected chi connectivity index (χ2v) is 6.77. The molecule has 0 aliphatic heterocycles. The second-order valence-electron chi connectivity index (χ2n) is 5.01. The zero-order valence-electron chi connectivity index (χ0n) is 12.6. The number of nitrogens with one attached hydrogen (secondary N) is 1. The number of sulfonamides is 1. The molecule has 1 N–H and O–H groups in total. The molecule has 118 valence electrons. The van der Waals surface area contributed by atoms with Crippen LogP contribution in [0.25, 0.3) is 0 Å². The van der Waals surface area contributed by atoms with E-state index in [9.17, 15) is 13.2 Å². The fourth-order valence-electron chi connectivity index (χ4n) is 1.86. The summed E-state index contributed by atoms with van der Waals surface area (Å²) in [5, 5.41) is 0. The average Bonchev–Trinajstić information content (AvgIpc) is 2.90. The number of aryl methyl sites for hydroxylation is 1. The Labute approximate surface area is 129 Å². The maximum atomic E-state index is 12.3. The summed E-state index contributed by atoms with van der Waals surface area (Å²) in [6, 6.07) is 5.95. The highest BCUT2D eigenvalue weighted by atomic mass is 32.2. The number of hydrogen-bond acceptors (Lipinski definition) is 4. The van der Waals surface area contributed by atoms with Crippen molar-refractivity contribution in [2.45, 2.75) is 11.4 Å². The van der Waals surface area contributed by atoms with Crippen molar-refractivity contribution >= 4 is 15.9 Å². The molecule has 0 unspecified atom stereocenters. The van der Waals surface area contributed by atoms with Gasteiger partial charge in [-0.1, -0.05) is 6.07 Å². The van der Waals surface area contributed by atoms with Crippen molar-refractivity contribution < 1.29 is 13.2 Å². The lowest BCUT2D eigenvalue weighted by atomic mass is 10.2. The fraction of sp³-hybridized carbons (Fsp3) is 0.286. The van der Waals surface area contributed by atoms with Gasteiger partial charge in [-0.25, -0.2) is 18.1 Å². The van der Waals surface area contributed by atoms with E-state index in [0.717, 1.165) is 0 Å². The normalized spacial score (nSPS) is 11.4. The van der Waals surface area contributed by atoms with Gasteiger partial charge in [-0.15, -0.1) is 0 Å². The highest BCUT2D eigenvalue weighted by Gasteiger charge is 2.17. The lowest BCUT2D eigenvalue weighted by molar-refractivity contribution is 0.0827. The number of aromatic nitrogens is 2. The van der Waals surface area contributed by atoms with Crippen LogP contribution in [0.15, 0.2) is 41.6 Å². The van der Waals surface area contributed by atoms with Gasteiger partial charge in [0.25, 0.3) is 5.91 Å². The molecule has 1 amide bonds. The fourth-order valence-corrected chi connectivity index (χ4v) is 2.89. The number of rotatable bonds is 5. The van der Waals surface area contributed by atoms with E-state index in [4.69, 9.17) is 0 Å². The van der Waals surface area contributed by atoms with Gasteiger partial charge in [0.2, 0.25) is 10.0 Å². The van der Waals surface area contributed by atoms with Gasteiger partial charge in [0.05, 0.1) is 11.4 Å². The Bertz CT molecular complexity index is 781. The van der Waals surface area contributed by atoms with Crippen LogP contribution in [0.1, 0.15) is 16.2 Å². The van der Waals surface area contributed by atoms with E-state index in [1.54, 1.807) is 50.2 Å². The third kappa shape index (κ3) is 3.52. The van der Waals surface area contributed by atoms with Crippen molar-refractivity contribution in [3.63, 3.8) is 0 Å². The summed E-state index contributed by atoms with van der Waals surface area (Å²) >= 11 is 0. The molecule has 22 heavy (non-hydrogen) atoms. The van der Waals surface area contributed by atoms with Crippen molar-refractivity contribution in [1.82, 2.24) is 19.2 Å². The van der Waals surface area contributed by atoms with Crippen LogP contribution in [0.5, 0.6) is 0 Å². The van der Waals surface area contributed by atoms with E-state index in [1.807, 2.05) is 0 Å². The molecule has 0 saturated heterocycles. The minimum Gasteiger partial charge on any atom is -0.345 e. The molecule has 1 heterocycles. The topological polar surface area (TPSA) is 84.3 Å². The zero-order valence-corrected chi connectivity index (χ0v) is 13.5. The van der Waals surface area contributed by atoms with Crippen LogP contribution in [-0.4, -0.2) is 42.9 Å². The molecule has 0 bridgehead atoms. The van der Waals surface area contributed by atoms with Crippen LogP contribution in [0.4, 0.5) is 0 Å². The Hall–Kier alpha value is -2.19. The maximum absolute atomic E-state index is 12.3. The minimum atomic E-state index is -3.71. The highest BCUT2D eigenvalue weighted by Crippen LogP contribution is 2.13. The van der Waals surface area contributed by atoms with E-state index < -0.39 is 10.0 Å². The average molecular weight is 322 g/mol. The van der Waals surface area contributed by atoms with E-state index in [0.29, 0.717) is 11.4 Å². The van der Waals surface area contributed by atoms with Gasteiger partial charge in [-0.2, -0.15) is 0 Å². The van der Waals surface area contributed by atoms with Crippen LogP contribution in [0.3, 0.4) is 0 Å². The summed E-state index contributed by atoms with van der Waals surface area (Å²) in [7, 11) is 1.30. The third-order valence-corrected chi connectivity index (χ3v) is 4.54. The summed E-state index contributed by atoms with van der Waals surface area (Å²) in [4.78, 5) is 17.4. The van der Waals surface area contributed by atoms with Crippen LogP contribution >= 0.6 is 0 Å². The van der Waals surface area contributed by atoms with Crippen LogP contribution in [-0.2, 0) is 23.6 Å². The number of imidazole rings is 1. The summed E-state index contributed by atoms with van der Waals surface area (Å²) in [6.45, 7) is 0.0810. The van der Waals surface area contributed by atoms with Gasteiger partial charge in [0.1, 0.15) is 5.82 Å². The number of carbonyl (C=O) groups is 1. The third-order valence-electron chi connectivity index (χ3n) is 3.14. The minimum absolute atomic E-state index is 0.0504. The Morgan fingerprint density at radius 1 is 1.36 bits per heavy atom. The number of nitrogens with zero attached hydrogens (tertiary/aromatic N) is 3. The van der Waals surface area contributed by atoms with Crippen molar-refractivity contribution in [1.29, 1.82) is 0 Å². The lowest BCUT2D eigenvalue weighted by Crippen LogP contribution is -2.26. The molecule has 2 rings (SSSR count). The molecule has 0 fully saturated rings. The maximum Gasteiger partial charge on any atom is 0.253 e. The molecule has 0 saturated carbocycles. The van der Waals surface area contributed by atoms with Gasteiger partial charge in [0.15, 0.2) is 0 Å². The highest BCUT2D eigenvalue weighted by molar-refractivity contribution is 7.89. The van der Waals surface area contributed by atoms with Crippen molar-refractivity contribution in [2.24, 2.45) is 7.05 Å². The Morgan fingerprint density at radius 3 is 2.68 bits per heavy atom. The Morgan fingerprint density at radius 2 is 2.09 bits per heavy atom. The van der Waals surface area contributed by atoms with Crippen molar-refractivity contribution in [2.75, 3.05) is 14.1 Å². The first-order valence-corrected chi connectivity index (χ1v) is 8.07. The van der Waals surface area contributed by atoms with E-state index >= 15 is 0 Å². The van der Waals surface area contributed by atoms with Crippen molar-refractivity contribution in [3.8, 4) is 0 Å². The molecule has 0 aliphatic carbocycles. The summed E-state index contributed by atoms with van der Waals surface area (Å²) in [5.74, 6) is 0.352. The van der Waals surface area contributed by atoms with Crippen LogP contribution < -0.4 is 4.72 Å². The number of hydrogen-bond donors (Lipinski definition) is 1. The first kappa shape index (κ1) is 16.2. The predicted octanol–water partition coefficient (Wildman–Crippen LogP) is 0.600. The van der Waals surface area contributed by atoms with E-state index in [-0.39, 0.29) is 17.3 Å². The smallest absolute Gasteiger partial charge is 0.253 e. The summed E-state index contributed by atoms with van der Waals surface area (Å²) in [6.07, 6.45) is 3.33. The Balaban J connectivity index is 2.21. The van der Waals surface area contributed by atoms with Gasteiger partial charge in [-0.3, -0.25) is 4.79 Å². The monoisotopic (exact) mass is 322 g/mol. The van der Waals surface area contributed by atoms with Gasteiger partial charge >= 0.3 is 0 Å². The second kappa shape index (κ2) is 6.29. The predicted molar refractivity (Wildman–Crippen MR) is 81.7 cm³/mol. The summed E-state index contributed by atoms with van der Waals surface area (Å²) < 4.78 is 28.8. The number of amides is 1. The number of benzene rings is 1. The molecule has 1 aromatic carbocycles. The quantitative estimate of drug-likeness (QED) is 0.874. The first-order valence-electron chi connectivity index (χ1n) is 6.59.